The van der Waals surface area contributed by atoms with Gasteiger partial charge >= 0.3 is 6.03 Å². The zero-order valence-corrected chi connectivity index (χ0v) is 15.2. The Morgan fingerprint density at radius 3 is 2.73 bits per heavy atom. The van der Waals surface area contributed by atoms with E-state index in [2.05, 4.69) is 28.3 Å². The standard InChI is InChI=1S/C21H26N4O/c1-2-3-4-5-12-23-21(26)24-16-9-7-10-17-18-11-6-8-15(14-22)20(18)25-19(17)13-16/h6-11,13,25H,2-5,12,14,22H2,1H3,(H,23,26). The van der Waals surface area contributed by atoms with Crippen LogP contribution < -0.4 is 16.4 Å². The second-order valence-corrected chi connectivity index (χ2v) is 6.50. The predicted molar refractivity (Wildman–Crippen MR) is 107 cm³/mol. The molecule has 1 aromatic heterocycles. The van der Waals surface area contributed by atoms with Gasteiger partial charge in [0.15, 0.2) is 0 Å². The first-order valence-corrected chi connectivity index (χ1v) is 9.29. The van der Waals surface area contributed by atoms with Gasteiger partial charge in [0.25, 0.3) is 0 Å². The number of nitrogens with two attached hydrogens (primary N) is 1. The summed E-state index contributed by atoms with van der Waals surface area (Å²) >= 11 is 0. The highest BCUT2D eigenvalue weighted by Gasteiger charge is 2.06. The van der Waals surface area contributed by atoms with Crippen LogP contribution in [0.25, 0.3) is 21.8 Å². The lowest BCUT2D eigenvalue weighted by atomic mass is 10.1. The van der Waals surface area contributed by atoms with Crippen molar-refractivity contribution < 1.29 is 4.79 Å². The summed E-state index contributed by atoms with van der Waals surface area (Å²) in [5, 5.41) is 5.72. The topological polar surface area (TPSA) is 83.3 Å². The number of amides is 2. The molecule has 5 heteroatoms. The van der Waals surface area contributed by atoms with Gasteiger partial charge in [0.1, 0.15) is 0 Å². The molecule has 136 valence electrons. The minimum Gasteiger partial charge on any atom is -0.354 e. The molecule has 1 heterocycles. The van der Waals surface area contributed by atoms with Crippen LogP contribution in [-0.4, -0.2) is 17.6 Å². The van der Waals surface area contributed by atoms with Crippen LogP contribution in [0.1, 0.15) is 38.2 Å². The highest BCUT2D eigenvalue weighted by Crippen LogP contribution is 2.26. The van der Waals surface area contributed by atoms with Gasteiger partial charge in [0, 0.05) is 29.4 Å². The van der Waals surface area contributed by atoms with E-state index in [9.17, 15) is 4.79 Å². The zero-order chi connectivity index (χ0) is 18.4. The van der Waals surface area contributed by atoms with Crippen LogP contribution in [0.3, 0.4) is 0 Å². The molecule has 0 aliphatic rings. The number of para-hydroxylation sites is 1. The Morgan fingerprint density at radius 2 is 1.92 bits per heavy atom. The number of fused-ring (bicyclic) bond motifs is 3. The van der Waals surface area contributed by atoms with Crippen molar-refractivity contribution in [2.75, 3.05) is 6.54 Å². The minimum absolute atomic E-state index is 0.292. The number of benzene rings is 1. The van der Waals surface area contributed by atoms with E-state index in [1.165, 1.54) is 12.8 Å². The fraction of sp³-hybridized carbons (Fsp3) is 0.333. The minimum atomic E-state index is -0.292. The molecule has 0 unspecified atom stereocenters. The molecule has 0 aliphatic heterocycles. The molecule has 4 N–H and O–H groups in total. The normalized spacial score (nSPS) is 12.0. The van der Waals surface area contributed by atoms with Gasteiger partial charge < -0.3 is 16.0 Å². The molecule has 0 radical (unpaired) electrons. The van der Waals surface area contributed by atoms with E-state index >= 15 is 0 Å². The van der Waals surface area contributed by atoms with E-state index in [-0.39, 0.29) is 6.03 Å². The van der Waals surface area contributed by atoms with E-state index in [1.807, 2.05) is 36.4 Å². The maximum atomic E-state index is 12.1. The molecule has 2 aromatic carbocycles. The number of hydrogen-bond donors (Lipinski definition) is 3. The summed E-state index contributed by atoms with van der Waals surface area (Å²) in [7, 11) is 0. The van der Waals surface area contributed by atoms with Crippen molar-refractivity contribution in [3.63, 3.8) is 0 Å². The monoisotopic (exact) mass is 350 g/mol. The Hall–Kier alpha value is -2.66. The number of rotatable bonds is 6. The van der Waals surface area contributed by atoms with Crippen molar-refractivity contribution in [3.05, 3.63) is 53.4 Å². The van der Waals surface area contributed by atoms with Crippen LogP contribution in [0.4, 0.5) is 4.79 Å². The van der Waals surface area contributed by atoms with Crippen LogP contribution in [0.15, 0.2) is 47.5 Å². The van der Waals surface area contributed by atoms with Crippen LogP contribution in [0.5, 0.6) is 0 Å². The van der Waals surface area contributed by atoms with Gasteiger partial charge in [0.2, 0.25) is 0 Å². The summed E-state index contributed by atoms with van der Waals surface area (Å²) < 4.78 is 0. The van der Waals surface area contributed by atoms with E-state index < -0.39 is 0 Å². The van der Waals surface area contributed by atoms with Gasteiger partial charge in [-0.05, 0) is 24.1 Å². The van der Waals surface area contributed by atoms with E-state index in [0.717, 1.165) is 40.2 Å². The second-order valence-electron chi connectivity index (χ2n) is 6.50. The molecule has 0 atom stereocenters. The quantitative estimate of drug-likeness (QED) is 0.588. The Balaban J connectivity index is 1.88. The maximum Gasteiger partial charge on any atom is 0.341 e. The van der Waals surface area contributed by atoms with E-state index in [1.54, 1.807) is 0 Å². The van der Waals surface area contributed by atoms with Crippen LogP contribution in [0.2, 0.25) is 0 Å². The van der Waals surface area contributed by atoms with Crippen LogP contribution in [-0.2, 0) is 6.54 Å². The molecule has 0 spiro atoms. The average Bonchev–Trinajstić information content (AvgIpc) is 2.86. The summed E-state index contributed by atoms with van der Waals surface area (Å²) in [6.07, 6.45) is 4.51. The smallest absolute Gasteiger partial charge is 0.341 e. The van der Waals surface area contributed by atoms with Crippen LogP contribution >= 0.6 is 0 Å². The number of aromatic amines is 1. The first-order valence-electron chi connectivity index (χ1n) is 9.29. The van der Waals surface area contributed by atoms with Gasteiger partial charge in [-0.3, -0.25) is 0 Å². The molecule has 0 bridgehead atoms. The SMILES string of the molecule is CCCCCCNC(=O)N=c1cccc2c(c1)[nH]c1c(CN)cccc12. The number of unbranched alkanes of at least 4 members (excludes halogenated alkanes) is 3. The number of hydrogen-bond acceptors (Lipinski definition) is 2. The first-order chi connectivity index (χ1) is 12.7. The fourth-order valence-electron chi connectivity index (χ4n) is 3.20. The first kappa shape index (κ1) is 18.1. The molecule has 0 fully saturated rings. The molecule has 5 nitrogen and oxygen atoms in total. The number of nitrogens with one attached hydrogen (secondary N) is 2. The molecular formula is C21H26N4O. The number of aromatic nitrogens is 1. The highest BCUT2D eigenvalue weighted by molar-refractivity contribution is 6.07. The lowest BCUT2D eigenvalue weighted by Crippen LogP contribution is -2.23. The lowest BCUT2D eigenvalue weighted by Gasteiger charge is -2.00. The van der Waals surface area contributed by atoms with Gasteiger partial charge in [-0.1, -0.05) is 56.5 Å². The summed E-state index contributed by atoms with van der Waals surface area (Å²) in [5.41, 5.74) is 8.91. The molecule has 2 amide bonds. The summed E-state index contributed by atoms with van der Waals surface area (Å²) in [6, 6.07) is 13.5. The number of carbonyl (C=O) groups excluding carboxylic acids is 1. The number of carbonyl (C=O) groups is 1. The predicted octanol–water partition coefficient (Wildman–Crippen LogP) is 3.97. The molecule has 0 aliphatic carbocycles. The summed E-state index contributed by atoms with van der Waals surface area (Å²) in [4.78, 5) is 19.7. The maximum absolute atomic E-state index is 12.1. The number of nitrogens with zero attached hydrogens (tertiary/aromatic N) is 1. The zero-order valence-electron chi connectivity index (χ0n) is 15.2. The molecule has 0 saturated heterocycles. The number of urea groups is 1. The third-order valence-corrected chi connectivity index (χ3v) is 4.57. The molecule has 26 heavy (non-hydrogen) atoms. The summed E-state index contributed by atoms with van der Waals surface area (Å²) in [6.45, 7) is 3.32. The fourth-order valence-corrected chi connectivity index (χ4v) is 3.20. The molecule has 0 saturated carbocycles. The average molecular weight is 350 g/mol. The second kappa shape index (κ2) is 8.63. The third-order valence-electron chi connectivity index (χ3n) is 4.57. The Labute approximate surface area is 153 Å². The van der Waals surface area contributed by atoms with Crippen molar-refractivity contribution in [1.82, 2.24) is 10.3 Å². The lowest BCUT2D eigenvalue weighted by molar-refractivity contribution is 0.248. The van der Waals surface area contributed by atoms with Gasteiger partial charge in [-0.15, -0.1) is 0 Å². The van der Waals surface area contributed by atoms with Crippen molar-refractivity contribution in [1.29, 1.82) is 0 Å². The third kappa shape index (κ3) is 4.11. The van der Waals surface area contributed by atoms with Crippen LogP contribution in [0, 0.1) is 0 Å². The Kier molecular flexibility index (Phi) is 6.02. The van der Waals surface area contributed by atoms with Crippen molar-refractivity contribution in [2.45, 2.75) is 39.2 Å². The number of H-pyrrole nitrogens is 1. The van der Waals surface area contributed by atoms with Crippen molar-refractivity contribution >= 4 is 27.8 Å². The van der Waals surface area contributed by atoms with Crippen molar-refractivity contribution in [3.8, 4) is 0 Å². The Bertz CT molecular complexity index is 975. The molecule has 3 aromatic rings. The molecule has 3 rings (SSSR count). The van der Waals surface area contributed by atoms with Gasteiger partial charge in [-0.2, -0.15) is 4.99 Å². The largest absolute Gasteiger partial charge is 0.354 e. The Morgan fingerprint density at radius 1 is 1.12 bits per heavy atom. The highest BCUT2D eigenvalue weighted by atomic mass is 16.2. The van der Waals surface area contributed by atoms with E-state index in [4.69, 9.17) is 5.73 Å². The summed E-state index contributed by atoms with van der Waals surface area (Å²) in [5.74, 6) is 0. The van der Waals surface area contributed by atoms with Gasteiger partial charge in [-0.25, -0.2) is 4.79 Å². The van der Waals surface area contributed by atoms with Crippen molar-refractivity contribution in [2.24, 2.45) is 10.7 Å². The van der Waals surface area contributed by atoms with Gasteiger partial charge in [0.05, 0.1) is 10.9 Å². The molecular weight excluding hydrogens is 324 g/mol. The van der Waals surface area contributed by atoms with E-state index in [0.29, 0.717) is 18.4 Å².